The number of ether oxygens (including phenoxy) is 2. The Balaban J connectivity index is 1.66. The SMILES string of the molecule is Cc1ccc(S(=O)(=O)N(CC(=O)N/N=C\c2ccc(OCC(=O)OC(C)(C)C)cc2)c2ccccc2C)cc1. The van der Waals surface area contributed by atoms with Crippen LogP contribution in [0.3, 0.4) is 0 Å². The van der Waals surface area contributed by atoms with E-state index in [1.54, 1.807) is 88.4 Å². The summed E-state index contributed by atoms with van der Waals surface area (Å²) in [6, 6.07) is 20.1. The third-order valence-electron chi connectivity index (χ3n) is 5.34. The Hall–Kier alpha value is -4.18. The number of carbonyl (C=O) groups is 2. The Labute approximate surface area is 229 Å². The van der Waals surface area contributed by atoms with E-state index in [-0.39, 0.29) is 11.5 Å². The van der Waals surface area contributed by atoms with Crippen LogP contribution < -0.4 is 14.5 Å². The number of esters is 1. The van der Waals surface area contributed by atoms with Crippen LogP contribution in [0.4, 0.5) is 5.69 Å². The monoisotopic (exact) mass is 551 g/mol. The van der Waals surface area contributed by atoms with Crippen LogP contribution in [-0.2, 0) is 24.3 Å². The third kappa shape index (κ3) is 8.68. The number of anilines is 1. The lowest BCUT2D eigenvalue weighted by molar-refractivity contribution is -0.157. The average molecular weight is 552 g/mol. The van der Waals surface area contributed by atoms with Crippen molar-refractivity contribution in [3.05, 3.63) is 89.5 Å². The lowest BCUT2D eigenvalue weighted by Crippen LogP contribution is -2.40. The van der Waals surface area contributed by atoms with Crippen LogP contribution in [0.15, 0.2) is 82.8 Å². The number of nitrogens with one attached hydrogen (secondary N) is 1. The van der Waals surface area contributed by atoms with Crippen molar-refractivity contribution >= 4 is 33.8 Å². The van der Waals surface area contributed by atoms with Crippen LogP contribution in [0.2, 0.25) is 0 Å². The highest BCUT2D eigenvalue weighted by molar-refractivity contribution is 7.92. The molecule has 0 unspecified atom stereocenters. The third-order valence-corrected chi connectivity index (χ3v) is 7.11. The molecule has 3 aromatic rings. The van der Waals surface area contributed by atoms with Gasteiger partial charge in [0.25, 0.3) is 15.9 Å². The highest BCUT2D eigenvalue weighted by Gasteiger charge is 2.28. The second-order valence-electron chi connectivity index (χ2n) is 9.85. The molecule has 206 valence electrons. The molecule has 0 atom stereocenters. The molecule has 1 N–H and O–H groups in total. The maximum Gasteiger partial charge on any atom is 0.344 e. The zero-order valence-corrected chi connectivity index (χ0v) is 23.5. The molecule has 0 aliphatic carbocycles. The maximum atomic E-state index is 13.5. The molecule has 0 aliphatic heterocycles. The van der Waals surface area contributed by atoms with Gasteiger partial charge in [-0.15, -0.1) is 0 Å². The number of aryl methyl sites for hydroxylation is 2. The molecule has 1 amide bonds. The van der Waals surface area contributed by atoms with E-state index in [0.717, 1.165) is 9.87 Å². The Kier molecular flexibility index (Phi) is 9.47. The van der Waals surface area contributed by atoms with E-state index < -0.39 is 34.0 Å². The van der Waals surface area contributed by atoms with Crippen molar-refractivity contribution in [2.24, 2.45) is 5.10 Å². The molecular formula is C29H33N3O6S. The van der Waals surface area contributed by atoms with Gasteiger partial charge < -0.3 is 9.47 Å². The largest absolute Gasteiger partial charge is 0.482 e. The van der Waals surface area contributed by atoms with E-state index in [4.69, 9.17) is 9.47 Å². The highest BCUT2D eigenvalue weighted by atomic mass is 32.2. The summed E-state index contributed by atoms with van der Waals surface area (Å²) in [4.78, 5) is 24.6. The van der Waals surface area contributed by atoms with Crippen molar-refractivity contribution in [1.82, 2.24) is 5.43 Å². The molecule has 0 aliphatic rings. The summed E-state index contributed by atoms with van der Waals surface area (Å²) in [6.45, 7) is 8.30. The van der Waals surface area contributed by atoms with E-state index in [1.807, 2.05) is 6.92 Å². The fraction of sp³-hybridized carbons (Fsp3) is 0.276. The number of amides is 1. The average Bonchev–Trinajstić information content (AvgIpc) is 2.86. The summed E-state index contributed by atoms with van der Waals surface area (Å²) in [6.07, 6.45) is 1.42. The van der Waals surface area contributed by atoms with Gasteiger partial charge in [-0.25, -0.2) is 18.6 Å². The summed E-state index contributed by atoms with van der Waals surface area (Å²) >= 11 is 0. The first kappa shape index (κ1) is 29.4. The van der Waals surface area contributed by atoms with Gasteiger partial charge in [-0.05, 0) is 88.2 Å². The quantitative estimate of drug-likeness (QED) is 0.227. The lowest BCUT2D eigenvalue weighted by atomic mass is 10.2. The molecule has 0 heterocycles. The number of carbonyl (C=O) groups excluding carboxylic acids is 2. The molecule has 0 fully saturated rings. The number of rotatable bonds is 10. The van der Waals surface area contributed by atoms with Crippen molar-refractivity contribution in [2.75, 3.05) is 17.5 Å². The zero-order chi connectivity index (χ0) is 28.6. The second-order valence-corrected chi connectivity index (χ2v) is 11.7. The van der Waals surface area contributed by atoms with Gasteiger partial charge in [-0.1, -0.05) is 35.9 Å². The van der Waals surface area contributed by atoms with Crippen LogP contribution in [0.1, 0.15) is 37.5 Å². The van der Waals surface area contributed by atoms with Gasteiger partial charge >= 0.3 is 5.97 Å². The van der Waals surface area contributed by atoms with E-state index in [9.17, 15) is 18.0 Å². The first-order valence-electron chi connectivity index (χ1n) is 12.3. The van der Waals surface area contributed by atoms with Gasteiger partial charge in [0, 0.05) is 0 Å². The van der Waals surface area contributed by atoms with Crippen molar-refractivity contribution in [1.29, 1.82) is 0 Å². The van der Waals surface area contributed by atoms with Gasteiger partial charge in [0.15, 0.2) is 6.61 Å². The van der Waals surface area contributed by atoms with Crippen LogP contribution in [0, 0.1) is 13.8 Å². The smallest absolute Gasteiger partial charge is 0.344 e. The van der Waals surface area contributed by atoms with Crippen molar-refractivity contribution in [3.63, 3.8) is 0 Å². The Morgan fingerprint density at radius 1 is 0.949 bits per heavy atom. The Morgan fingerprint density at radius 2 is 1.59 bits per heavy atom. The van der Waals surface area contributed by atoms with Crippen LogP contribution >= 0.6 is 0 Å². The van der Waals surface area contributed by atoms with E-state index >= 15 is 0 Å². The molecule has 0 saturated heterocycles. The summed E-state index contributed by atoms with van der Waals surface area (Å²) in [7, 11) is -4.02. The standard InChI is InChI=1S/C29H33N3O6S/c1-21-10-16-25(17-11-21)39(35,36)32(26-9-7-6-8-22(26)2)19-27(33)31-30-18-23-12-14-24(15-13-23)37-20-28(34)38-29(3,4)5/h6-18H,19-20H2,1-5H3,(H,31,33)/b30-18-. The first-order chi connectivity index (χ1) is 18.3. The van der Waals surface area contributed by atoms with Gasteiger partial charge in [0.1, 0.15) is 17.9 Å². The molecule has 0 saturated carbocycles. The number of hydrogen-bond acceptors (Lipinski definition) is 7. The molecular weight excluding hydrogens is 518 g/mol. The maximum absolute atomic E-state index is 13.5. The minimum absolute atomic E-state index is 0.0848. The molecule has 0 bridgehead atoms. The number of hydrogen-bond donors (Lipinski definition) is 1. The minimum Gasteiger partial charge on any atom is -0.482 e. The van der Waals surface area contributed by atoms with Gasteiger partial charge in [0.05, 0.1) is 16.8 Å². The molecule has 0 aromatic heterocycles. The number of sulfonamides is 1. The lowest BCUT2D eigenvalue weighted by Gasteiger charge is -2.25. The summed E-state index contributed by atoms with van der Waals surface area (Å²) < 4.78 is 38.7. The number of hydrazone groups is 1. The topological polar surface area (TPSA) is 114 Å². The Morgan fingerprint density at radius 3 is 2.21 bits per heavy atom. The van der Waals surface area contributed by atoms with Gasteiger partial charge in [0.2, 0.25) is 0 Å². The summed E-state index contributed by atoms with van der Waals surface area (Å²) in [5, 5.41) is 3.96. The van der Waals surface area contributed by atoms with E-state index in [2.05, 4.69) is 10.5 Å². The first-order valence-corrected chi connectivity index (χ1v) is 13.7. The second kappa shape index (κ2) is 12.6. The fourth-order valence-electron chi connectivity index (χ4n) is 3.49. The molecule has 10 heteroatoms. The van der Waals surface area contributed by atoms with Crippen molar-refractivity contribution < 1.29 is 27.5 Å². The molecule has 39 heavy (non-hydrogen) atoms. The predicted octanol–water partition coefficient (Wildman–Crippen LogP) is 4.37. The fourth-order valence-corrected chi connectivity index (χ4v) is 4.97. The minimum atomic E-state index is -4.02. The van der Waals surface area contributed by atoms with Crippen LogP contribution in [0.5, 0.6) is 5.75 Å². The molecule has 0 radical (unpaired) electrons. The zero-order valence-electron chi connectivity index (χ0n) is 22.7. The van der Waals surface area contributed by atoms with E-state index in [0.29, 0.717) is 22.6 Å². The molecule has 0 spiro atoms. The highest BCUT2D eigenvalue weighted by Crippen LogP contribution is 2.26. The van der Waals surface area contributed by atoms with Crippen LogP contribution in [-0.4, -0.2) is 45.3 Å². The number of benzene rings is 3. The van der Waals surface area contributed by atoms with Crippen molar-refractivity contribution in [3.8, 4) is 5.75 Å². The van der Waals surface area contributed by atoms with Gasteiger partial charge in [-0.3, -0.25) is 9.10 Å². The van der Waals surface area contributed by atoms with E-state index in [1.165, 1.54) is 18.3 Å². The molecule has 9 nitrogen and oxygen atoms in total. The molecule has 3 aromatic carbocycles. The Bertz CT molecular complexity index is 1430. The van der Waals surface area contributed by atoms with Gasteiger partial charge in [-0.2, -0.15) is 5.10 Å². The normalized spacial score (nSPS) is 11.7. The summed E-state index contributed by atoms with van der Waals surface area (Å²) in [5.41, 5.74) is 4.49. The van der Waals surface area contributed by atoms with Crippen LogP contribution in [0.25, 0.3) is 0 Å². The predicted molar refractivity (Wildman–Crippen MR) is 150 cm³/mol. The van der Waals surface area contributed by atoms with Crippen molar-refractivity contribution in [2.45, 2.75) is 45.1 Å². The summed E-state index contributed by atoms with van der Waals surface area (Å²) in [5.74, 6) is -0.611. The number of para-hydroxylation sites is 1. The number of nitrogens with zero attached hydrogens (tertiary/aromatic N) is 2. The molecule has 3 rings (SSSR count).